The van der Waals surface area contributed by atoms with Gasteiger partial charge in [0.1, 0.15) is 5.82 Å². The predicted octanol–water partition coefficient (Wildman–Crippen LogP) is 4.33. The molecule has 0 spiro atoms. The van der Waals surface area contributed by atoms with Crippen molar-refractivity contribution in [2.75, 3.05) is 19.0 Å². The number of fused-ring (bicyclic) bond motifs is 1. The van der Waals surface area contributed by atoms with E-state index < -0.39 is 5.92 Å². The van der Waals surface area contributed by atoms with E-state index in [0.29, 0.717) is 40.4 Å². The molecule has 2 aromatic carbocycles. The lowest BCUT2D eigenvalue weighted by atomic mass is 9.86. The van der Waals surface area contributed by atoms with E-state index in [2.05, 4.69) is 15.3 Å². The van der Waals surface area contributed by atoms with Gasteiger partial charge in [0.25, 0.3) is 5.56 Å². The number of ether oxygens (including phenoxy) is 2. The van der Waals surface area contributed by atoms with Gasteiger partial charge in [-0.05, 0) is 18.1 Å². The molecule has 2 N–H and O–H groups in total. The van der Waals surface area contributed by atoms with Gasteiger partial charge in [-0.15, -0.1) is 0 Å². The summed E-state index contributed by atoms with van der Waals surface area (Å²) in [5, 5.41) is 3.24. The minimum Gasteiger partial charge on any atom is -0.493 e. The van der Waals surface area contributed by atoms with Gasteiger partial charge in [-0.3, -0.25) is 9.59 Å². The summed E-state index contributed by atoms with van der Waals surface area (Å²) >= 11 is 1.42. The topological polar surface area (TPSA) is 93.3 Å². The van der Waals surface area contributed by atoms with Crippen molar-refractivity contribution in [3.63, 3.8) is 0 Å². The molecule has 8 heteroatoms. The number of rotatable bonds is 8. The number of benzene rings is 2. The maximum atomic E-state index is 13.1. The van der Waals surface area contributed by atoms with Crippen LogP contribution in [0, 0.1) is 0 Å². The van der Waals surface area contributed by atoms with Crippen LogP contribution in [0.3, 0.4) is 0 Å². The van der Waals surface area contributed by atoms with Gasteiger partial charge in [0.15, 0.2) is 16.7 Å². The highest BCUT2D eigenvalue weighted by Crippen LogP contribution is 2.42. The summed E-state index contributed by atoms with van der Waals surface area (Å²) < 4.78 is 11.5. The number of carbonyl (C=O) groups excluding carboxylic acids is 1. The molecule has 32 heavy (non-hydrogen) atoms. The number of anilines is 1. The molecule has 0 saturated carbocycles. The fraction of sp³-hybridized carbons (Fsp3) is 0.292. The molecule has 0 saturated heterocycles. The first-order chi connectivity index (χ1) is 15.6. The second-order valence-electron chi connectivity index (χ2n) is 7.44. The largest absolute Gasteiger partial charge is 0.493 e. The first-order valence-electron chi connectivity index (χ1n) is 10.5. The summed E-state index contributed by atoms with van der Waals surface area (Å²) in [7, 11) is 1.57. The van der Waals surface area contributed by atoms with Crippen molar-refractivity contribution in [1.82, 2.24) is 9.97 Å². The third kappa shape index (κ3) is 4.65. The van der Waals surface area contributed by atoms with Crippen LogP contribution in [0.1, 0.15) is 42.4 Å². The van der Waals surface area contributed by atoms with Crippen molar-refractivity contribution in [2.24, 2.45) is 0 Å². The number of nitrogens with one attached hydrogen (secondary N) is 2. The molecule has 1 amide bonds. The number of hydrogen-bond donors (Lipinski definition) is 2. The standard InChI is InChI=1S/C24H25N3O4S/c1-3-12-31-21-16(10-7-11-18(21)30-2)17-13-19(28)25-22-20(17)23(29)27-24(26-22)32-14-15-8-5-4-6-9-15/h4-11,17H,3,12-14H2,1-2H3,(H2,25,26,27,28,29)/t17-/m1/s1. The van der Waals surface area contributed by atoms with Crippen LogP contribution in [0.25, 0.3) is 0 Å². The highest BCUT2D eigenvalue weighted by Gasteiger charge is 2.33. The molecule has 166 valence electrons. The number of nitrogens with zero attached hydrogens (tertiary/aromatic N) is 1. The highest BCUT2D eigenvalue weighted by molar-refractivity contribution is 7.98. The Morgan fingerprint density at radius 2 is 1.94 bits per heavy atom. The Morgan fingerprint density at radius 1 is 1.12 bits per heavy atom. The summed E-state index contributed by atoms with van der Waals surface area (Å²) in [4.78, 5) is 33.1. The zero-order chi connectivity index (χ0) is 22.5. The summed E-state index contributed by atoms with van der Waals surface area (Å²) in [6.07, 6.45) is 0.952. The molecule has 0 bridgehead atoms. The number of H-pyrrole nitrogens is 1. The first kappa shape index (κ1) is 22.0. The molecule has 1 atom stereocenters. The van der Waals surface area contributed by atoms with E-state index in [0.717, 1.165) is 17.5 Å². The molecule has 0 aliphatic carbocycles. The van der Waals surface area contributed by atoms with Gasteiger partial charge < -0.3 is 19.8 Å². The summed E-state index contributed by atoms with van der Waals surface area (Å²) in [6, 6.07) is 15.4. The van der Waals surface area contributed by atoms with Crippen LogP contribution in [0.2, 0.25) is 0 Å². The van der Waals surface area contributed by atoms with Crippen LogP contribution in [0.15, 0.2) is 58.5 Å². The first-order valence-corrected chi connectivity index (χ1v) is 11.5. The van der Waals surface area contributed by atoms with E-state index in [1.54, 1.807) is 7.11 Å². The molecule has 1 aliphatic heterocycles. The normalized spacial score (nSPS) is 15.1. The maximum absolute atomic E-state index is 13.1. The Kier molecular flexibility index (Phi) is 6.80. The zero-order valence-electron chi connectivity index (χ0n) is 18.0. The van der Waals surface area contributed by atoms with Crippen LogP contribution < -0.4 is 20.3 Å². The molecular weight excluding hydrogens is 426 g/mol. The number of thioether (sulfide) groups is 1. The number of amides is 1. The van der Waals surface area contributed by atoms with Crippen molar-refractivity contribution < 1.29 is 14.3 Å². The summed E-state index contributed by atoms with van der Waals surface area (Å²) in [5.41, 5.74) is 2.03. The lowest BCUT2D eigenvalue weighted by Crippen LogP contribution is -2.31. The van der Waals surface area contributed by atoms with Gasteiger partial charge in [-0.2, -0.15) is 0 Å². The van der Waals surface area contributed by atoms with Gasteiger partial charge in [-0.1, -0.05) is 61.2 Å². The van der Waals surface area contributed by atoms with Gasteiger partial charge in [0.2, 0.25) is 5.91 Å². The molecule has 0 unspecified atom stereocenters. The molecule has 3 aromatic rings. The quantitative estimate of drug-likeness (QED) is 0.391. The predicted molar refractivity (Wildman–Crippen MR) is 125 cm³/mol. The van der Waals surface area contributed by atoms with E-state index in [1.807, 2.05) is 55.5 Å². The average Bonchev–Trinajstić information content (AvgIpc) is 2.81. The second kappa shape index (κ2) is 9.91. The number of hydrogen-bond acceptors (Lipinski definition) is 6. The smallest absolute Gasteiger partial charge is 0.257 e. The molecule has 7 nitrogen and oxygen atoms in total. The molecule has 0 fully saturated rings. The zero-order valence-corrected chi connectivity index (χ0v) is 18.8. The molecule has 1 aromatic heterocycles. The van der Waals surface area contributed by atoms with Crippen LogP contribution in [0.4, 0.5) is 5.82 Å². The Bertz CT molecular complexity index is 1160. The Labute approximate surface area is 190 Å². The highest BCUT2D eigenvalue weighted by atomic mass is 32.2. The van der Waals surface area contributed by atoms with E-state index in [-0.39, 0.29) is 17.9 Å². The van der Waals surface area contributed by atoms with Gasteiger partial charge in [-0.25, -0.2) is 4.98 Å². The minimum absolute atomic E-state index is 0.129. The SMILES string of the molecule is CCCOc1c(OC)cccc1[C@H]1CC(=O)Nc2nc(SCc3ccccc3)[nH]c(=O)c21. The third-order valence-corrected chi connectivity index (χ3v) is 6.15. The van der Waals surface area contributed by atoms with Gasteiger partial charge in [0, 0.05) is 23.7 Å². The number of methoxy groups -OCH3 is 1. The van der Waals surface area contributed by atoms with Crippen LogP contribution in [0.5, 0.6) is 11.5 Å². The van der Waals surface area contributed by atoms with Crippen molar-refractivity contribution in [3.8, 4) is 11.5 Å². The van der Waals surface area contributed by atoms with E-state index in [4.69, 9.17) is 9.47 Å². The second-order valence-corrected chi connectivity index (χ2v) is 8.40. The fourth-order valence-electron chi connectivity index (χ4n) is 3.74. The molecule has 4 rings (SSSR count). The van der Waals surface area contributed by atoms with E-state index in [1.165, 1.54) is 11.8 Å². The van der Waals surface area contributed by atoms with Crippen molar-refractivity contribution in [1.29, 1.82) is 0 Å². The van der Waals surface area contributed by atoms with Crippen LogP contribution >= 0.6 is 11.8 Å². The monoisotopic (exact) mass is 451 g/mol. The van der Waals surface area contributed by atoms with Crippen molar-refractivity contribution in [2.45, 2.75) is 36.6 Å². The number of para-hydroxylation sites is 1. The number of aromatic nitrogens is 2. The number of aromatic amines is 1. The van der Waals surface area contributed by atoms with Crippen molar-refractivity contribution >= 4 is 23.5 Å². The fourth-order valence-corrected chi connectivity index (χ4v) is 4.55. The van der Waals surface area contributed by atoms with Crippen LogP contribution in [-0.2, 0) is 10.5 Å². The Balaban J connectivity index is 1.71. The Morgan fingerprint density at radius 3 is 2.69 bits per heavy atom. The summed E-state index contributed by atoms with van der Waals surface area (Å²) in [6.45, 7) is 2.52. The third-order valence-electron chi connectivity index (χ3n) is 5.20. The maximum Gasteiger partial charge on any atom is 0.257 e. The van der Waals surface area contributed by atoms with E-state index >= 15 is 0 Å². The molecular formula is C24H25N3O4S. The minimum atomic E-state index is -0.481. The summed E-state index contributed by atoms with van der Waals surface area (Å²) in [5.74, 6) is 1.42. The lowest BCUT2D eigenvalue weighted by molar-refractivity contribution is -0.116. The van der Waals surface area contributed by atoms with Gasteiger partial charge in [0.05, 0.1) is 19.3 Å². The van der Waals surface area contributed by atoms with Gasteiger partial charge >= 0.3 is 0 Å². The number of carbonyl (C=O) groups is 1. The molecule has 2 heterocycles. The average molecular weight is 452 g/mol. The van der Waals surface area contributed by atoms with Crippen molar-refractivity contribution in [3.05, 3.63) is 75.6 Å². The Hall–Kier alpha value is -3.26. The van der Waals surface area contributed by atoms with E-state index in [9.17, 15) is 9.59 Å². The molecule has 0 radical (unpaired) electrons. The molecule has 1 aliphatic rings. The van der Waals surface area contributed by atoms with Crippen LogP contribution in [-0.4, -0.2) is 29.6 Å². The lowest BCUT2D eigenvalue weighted by Gasteiger charge is -2.26.